The fourth-order valence-electron chi connectivity index (χ4n) is 1.51. The molecule has 0 aromatic heterocycles. The fraction of sp³-hybridized carbons (Fsp3) is 0.538. The Labute approximate surface area is 87.7 Å². The van der Waals surface area contributed by atoms with Gasteiger partial charge in [0, 0.05) is 0 Å². The van der Waals surface area contributed by atoms with Crippen molar-refractivity contribution in [1.82, 2.24) is 4.90 Å². The molecular weight excluding hydrogens is 170 g/mol. The summed E-state index contributed by atoms with van der Waals surface area (Å²) in [6.45, 7) is 5.59. The Kier molecular flexibility index (Phi) is 4.15. The summed E-state index contributed by atoms with van der Waals surface area (Å²) >= 11 is 0. The van der Waals surface area contributed by atoms with Crippen molar-refractivity contribution >= 4 is 0 Å². The van der Waals surface area contributed by atoms with Crippen molar-refractivity contribution in [2.24, 2.45) is 0 Å². The van der Waals surface area contributed by atoms with Crippen molar-refractivity contribution in [3.05, 3.63) is 35.4 Å². The third-order valence-corrected chi connectivity index (χ3v) is 2.66. The molecule has 0 aliphatic heterocycles. The lowest BCUT2D eigenvalue weighted by Gasteiger charge is -2.15. The molecule has 1 atom stereocenters. The van der Waals surface area contributed by atoms with Crippen LogP contribution in [0.5, 0.6) is 0 Å². The van der Waals surface area contributed by atoms with E-state index in [4.69, 9.17) is 0 Å². The predicted octanol–water partition coefficient (Wildman–Crippen LogP) is 3.05. The van der Waals surface area contributed by atoms with Gasteiger partial charge in [-0.3, -0.25) is 0 Å². The average molecular weight is 191 g/mol. The zero-order valence-electron chi connectivity index (χ0n) is 9.75. The molecule has 0 bridgehead atoms. The minimum atomic E-state index is 0.665. The van der Waals surface area contributed by atoms with Gasteiger partial charge in [0.2, 0.25) is 0 Å². The minimum Gasteiger partial charge on any atom is -0.309 e. The molecule has 0 radical (unpaired) electrons. The van der Waals surface area contributed by atoms with E-state index in [1.54, 1.807) is 0 Å². The van der Waals surface area contributed by atoms with E-state index in [9.17, 15) is 0 Å². The Morgan fingerprint density at radius 2 is 1.71 bits per heavy atom. The first-order valence-corrected chi connectivity index (χ1v) is 5.31. The van der Waals surface area contributed by atoms with E-state index in [0.717, 1.165) is 6.54 Å². The van der Waals surface area contributed by atoms with Gasteiger partial charge in [-0.25, -0.2) is 0 Å². The highest BCUT2D eigenvalue weighted by molar-refractivity contribution is 5.23. The van der Waals surface area contributed by atoms with Crippen LogP contribution in [0.4, 0.5) is 0 Å². The van der Waals surface area contributed by atoms with Crippen molar-refractivity contribution in [1.29, 1.82) is 0 Å². The smallest absolute Gasteiger partial charge is 0.00191 e. The van der Waals surface area contributed by atoms with E-state index in [0.29, 0.717) is 5.92 Å². The van der Waals surface area contributed by atoms with Crippen molar-refractivity contribution in [3.63, 3.8) is 0 Å². The normalized spacial score (nSPS) is 13.2. The molecule has 1 aromatic rings. The summed E-state index contributed by atoms with van der Waals surface area (Å²) in [5.74, 6) is 0.665. The first-order valence-electron chi connectivity index (χ1n) is 5.31. The highest BCUT2D eigenvalue weighted by Crippen LogP contribution is 2.19. The van der Waals surface area contributed by atoms with Gasteiger partial charge in [0.25, 0.3) is 0 Å². The molecule has 1 nitrogen and oxygen atoms in total. The monoisotopic (exact) mass is 191 g/mol. The van der Waals surface area contributed by atoms with Crippen LogP contribution in [-0.4, -0.2) is 25.5 Å². The summed E-state index contributed by atoms with van der Waals surface area (Å²) < 4.78 is 0. The van der Waals surface area contributed by atoms with Gasteiger partial charge in [0.05, 0.1) is 0 Å². The first-order chi connectivity index (χ1) is 6.59. The van der Waals surface area contributed by atoms with Crippen molar-refractivity contribution < 1.29 is 0 Å². The maximum absolute atomic E-state index is 2.30. The molecule has 0 N–H and O–H groups in total. The van der Waals surface area contributed by atoms with Gasteiger partial charge in [-0.05, 0) is 45.5 Å². The maximum Gasteiger partial charge on any atom is -0.00191 e. The summed E-state index contributed by atoms with van der Waals surface area (Å²) in [7, 11) is 4.25. The molecule has 0 spiro atoms. The molecule has 0 saturated heterocycles. The molecule has 1 aromatic carbocycles. The lowest BCUT2D eigenvalue weighted by atomic mass is 9.97. The van der Waals surface area contributed by atoms with Crippen LogP contribution in [0.15, 0.2) is 24.3 Å². The molecule has 1 rings (SSSR count). The third kappa shape index (κ3) is 3.51. The van der Waals surface area contributed by atoms with Crippen LogP contribution in [0.25, 0.3) is 0 Å². The van der Waals surface area contributed by atoms with Crippen LogP contribution in [0.2, 0.25) is 0 Å². The van der Waals surface area contributed by atoms with Gasteiger partial charge in [-0.2, -0.15) is 0 Å². The largest absolute Gasteiger partial charge is 0.309 e. The summed E-state index contributed by atoms with van der Waals surface area (Å²) in [6, 6.07) is 8.88. The third-order valence-electron chi connectivity index (χ3n) is 2.66. The Morgan fingerprint density at radius 1 is 1.14 bits per heavy atom. The molecule has 1 heteroatoms. The second-order valence-corrected chi connectivity index (χ2v) is 4.40. The van der Waals surface area contributed by atoms with E-state index in [1.165, 1.54) is 17.5 Å². The molecule has 14 heavy (non-hydrogen) atoms. The Bertz CT molecular complexity index is 261. The van der Waals surface area contributed by atoms with E-state index in [-0.39, 0.29) is 0 Å². The van der Waals surface area contributed by atoms with Crippen LogP contribution >= 0.6 is 0 Å². The zero-order valence-corrected chi connectivity index (χ0v) is 9.75. The van der Waals surface area contributed by atoms with E-state index >= 15 is 0 Å². The highest BCUT2D eigenvalue weighted by atomic mass is 15.0. The number of aryl methyl sites for hydroxylation is 1. The van der Waals surface area contributed by atoms with Gasteiger partial charge < -0.3 is 4.90 Å². The molecule has 0 amide bonds. The van der Waals surface area contributed by atoms with Crippen molar-refractivity contribution in [3.8, 4) is 0 Å². The Morgan fingerprint density at radius 3 is 2.21 bits per heavy atom. The molecule has 0 aliphatic rings. The molecule has 0 heterocycles. The molecule has 0 fully saturated rings. The van der Waals surface area contributed by atoms with Gasteiger partial charge in [0.15, 0.2) is 0 Å². The number of rotatable bonds is 4. The minimum absolute atomic E-state index is 0.665. The quantitative estimate of drug-likeness (QED) is 0.707. The predicted molar refractivity (Wildman–Crippen MR) is 62.8 cm³/mol. The summed E-state index contributed by atoms with van der Waals surface area (Å²) in [4.78, 5) is 2.24. The number of hydrogen-bond donors (Lipinski definition) is 0. The van der Waals surface area contributed by atoms with Crippen molar-refractivity contribution in [2.75, 3.05) is 20.6 Å². The van der Waals surface area contributed by atoms with Crippen LogP contribution < -0.4 is 0 Å². The lowest BCUT2D eigenvalue weighted by molar-refractivity contribution is 0.386. The second-order valence-electron chi connectivity index (χ2n) is 4.40. The van der Waals surface area contributed by atoms with E-state index < -0.39 is 0 Å². The highest BCUT2D eigenvalue weighted by Gasteiger charge is 2.04. The fourth-order valence-corrected chi connectivity index (χ4v) is 1.51. The maximum atomic E-state index is 2.30. The van der Waals surface area contributed by atoms with Crippen LogP contribution in [-0.2, 0) is 0 Å². The number of nitrogens with zero attached hydrogens (tertiary/aromatic N) is 1. The van der Waals surface area contributed by atoms with Gasteiger partial charge in [-0.1, -0.05) is 36.8 Å². The zero-order chi connectivity index (χ0) is 10.6. The Hall–Kier alpha value is -0.820. The molecule has 78 valence electrons. The van der Waals surface area contributed by atoms with Gasteiger partial charge in [-0.15, -0.1) is 0 Å². The summed E-state index contributed by atoms with van der Waals surface area (Å²) in [6.07, 6.45) is 1.23. The molecule has 0 aliphatic carbocycles. The van der Waals surface area contributed by atoms with Crippen molar-refractivity contribution in [2.45, 2.75) is 26.2 Å². The average Bonchev–Trinajstić information content (AvgIpc) is 2.15. The van der Waals surface area contributed by atoms with E-state index in [1.807, 2.05) is 0 Å². The number of hydrogen-bond acceptors (Lipinski definition) is 1. The molecule has 1 unspecified atom stereocenters. The second kappa shape index (κ2) is 5.16. The Balaban J connectivity index is 2.52. The summed E-state index contributed by atoms with van der Waals surface area (Å²) in [5.41, 5.74) is 2.80. The van der Waals surface area contributed by atoms with Crippen LogP contribution in [0, 0.1) is 6.92 Å². The van der Waals surface area contributed by atoms with Crippen LogP contribution in [0.3, 0.4) is 0 Å². The molecule has 0 saturated carbocycles. The topological polar surface area (TPSA) is 3.24 Å². The first kappa shape index (κ1) is 11.3. The lowest BCUT2D eigenvalue weighted by Crippen LogP contribution is -2.14. The SMILES string of the molecule is Cc1ccc(C(C)CCN(C)C)cc1. The summed E-state index contributed by atoms with van der Waals surface area (Å²) in [5, 5.41) is 0. The van der Waals surface area contributed by atoms with Gasteiger partial charge >= 0.3 is 0 Å². The standard InChI is InChI=1S/C13H21N/c1-11-5-7-13(8-6-11)12(2)9-10-14(3)4/h5-8,12H,9-10H2,1-4H3. The molecular formula is C13H21N. The number of benzene rings is 1. The van der Waals surface area contributed by atoms with Gasteiger partial charge in [0.1, 0.15) is 0 Å². The van der Waals surface area contributed by atoms with Crippen LogP contribution in [0.1, 0.15) is 30.4 Å². The van der Waals surface area contributed by atoms with E-state index in [2.05, 4.69) is 57.1 Å².